The third kappa shape index (κ3) is 3.66. The van der Waals surface area contributed by atoms with E-state index in [0.29, 0.717) is 30.0 Å². The second-order valence-electron chi connectivity index (χ2n) is 6.24. The molecule has 25 heavy (non-hydrogen) atoms. The summed E-state index contributed by atoms with van der Waals surface area (Å²) in [5.41, 5.74) is 0.506. The van der Waals surface area contributed by atoms with Crippen LogP contribution in [0.2, 0.25) is 0 Å². The van der Waals surface area contributed by atoms with Crippen molar-refractivity contribution in [3.05, 3.63) is 48.8 Å². The van der Waals surface area contributed by atoms with Gasteiger partial charge in [-0.2, -0.15) is 0 Å². The number of nitrogens with zero attached hydrogens (tertiary/aromatic N) is 1. The number of pyridine rings is 1. The van der Waals surface area contributed by atoms with Gasteiger partial charge in [0.2, 0.25) is 5.91 Å². The van der Waals surface area contributed by atoms with E-state index in [2.05, 4.69) is 10.3 Å². The molecule has 1 aromatic heterocycles. The van der Waals surface area contributed by atoms with E-state index < -0.39 is 20.5 Å². The van der Waals surface area contributed by atoms with E-state index in [0.717, 1.165) is 19.1 Å². The van der Waals surface area contributed by atoms with Crippen molar-refractivity contribution in [1.82, 2.24) is 4.98 Å². The van der Waals surface area contributed by atoms with E-state index in [1.807, 2.05) is 0 Å². The number of benzene rings is 1. The summed E-state index contributed by atoms with van der Waals surface area (Å²) in [4.78, 5) is 16.6. The maximum atomic E-state index is 12.7. The third-order valence-electron chi connectivity index (χ3n) is 4.51. The van der Waals surface area contributed by atoms with Gasteiger partial charge in [-0.1, -0.05) is 18.9 Å². The summed E-state index contributed by atoms with van der Waals surface area (Å²) < 4.78 is 28.8. The molecule has 1 fully saturated rings. The number of hydrogen-bond acceptors (Lipinski definition) is 5. The zero-order valence-corrected chi connectivity index (χ0v) is 14.8. The molecular formula is C18H20N2O4S. The fourth-order valence-corrected chi connectivity index (χ4v) is 4.56. The molecular weight excluding hydrogens is 340 g/mol. The molecule has 0 unspecified atom stereocenters. The summed E-state index contributed by atoms with van der Waals surface area (Å²) in [6.45, 7) is 0. The van der Waals surface area contributed by atoms with Gasteiger partial charge in [-0.25, -0.2) is 8.42 Å². The van der Waals surface area contributed by atoms with Gasteiger partial charge in [0.05, 0.1) is 0 Å². The summed E-state index contributed by atoms with van der Waals surface area (Å²) in [7, 11) is -3.49. The maximum absolute atomic E-state index is 12.7. The van der Waals surface area contributed by atoms with Crippen LogP contribution in [0, 0.1) is 0 Å². The number of anilines is 1. The molecule has 1 heterocycles. The molecule has 0 aliphatic heterocycles. The molecule has 1 saturated carbocycles. The average Bonchev–Trinajstić information content (AvgIpc) is 3.07. The predicted octanol–water partition coefficient (Wildman–Crippen LogP) is 3.17. The highest BCUT2D eigenvalue weighted by molar-refractivity contribution is 7.92. The van der Waals surface area contributed by atoms with Crippen molar-refractivity contribution >= 4 is 21.4 Å². The molecule has 7 heteroatoms. The van der Waals surface area contributed by atoms with Crippen molar-refractivity contribution in [2.75, 3.05) is 11.6 Å². The fourth-order valence-electron chi connectivity index (χ4n) is 3.14. The predicted molar refractivity (Wildman–Crippen MR) is 95.4 cm³/mol. The van der Waals surface area contributed by atoms with Crippen molar-refractivity contribution in [2.45, 2.75) is 30.4 Å². The van der Waals surface area contributed by atoms with Crippen molar-refractivity contribution in [3.63, 3.8) is 0 Å². The molecule has 0 bridgehead atoms. The zero-order chi connectivity index (χ0) is 17.9. The lowest BCUT2D eigenvalue weighted by atomic mass is 10.1. The quantitative estimate of drug-likeness (QED) is 0.885. The molecule has 1 aliphatic carbocycles. The van der Waals surface area contributed by atoms with E-state index in [-0.39, 0.29) is 0 Å². The van der Waals surface area contributed by atoms with Crippen molar-refractivity contribution in [2.24, 2.45) is 0 Å². The highest BCUT2D eigenvalue weighted by Crippen LogP contribution is 2.37. The highest BCUT2D eigenvalue weighted by atomic mass is 32.2. The van der Waals surface area contributed by atoms with Gasteiger partial charge in [-0.15, -0.1) is 0 Å². The van der Waals surface area contributed by atoms with E-state index in [1.54, 1.807) is 48.8 Å². The second kappa shape index (κ2) is 6.84. The third-order valence-corrected chi connectivity index (χ3v) is 6.53. The Hall–Kier alpha value is -2.41. The van der Waals surface area contributed by atoms with Crippen LogP contribution in [0.5, 0.6) is 11.5 Å². The van der Waals surface area contributed by atoms with Crippen molar-refractivity contribution in [3.8, 4) is 11.5 Å². The fraction of sp³-hybridized carbons (Fsp3) is 0.333. The Balaban J connectivity index is 1.79. The molecule has 0 atom stereocenters. The summed E-state index contributed by atoms with van der Waals surface area (Å²) in [5, 5.41) is 2.75. The number of rotatable bonds is 5. The minimum atomic E-state index is -3.49. The van der Waals surface area contributed by atoms with Gasteiger partial charge in [-0.05, 0) is 37.1 Å². The summed E-state index contributed by atoms with van der Waals surface area (Å²) in [5.74, 6) is 0.708. The van der Waals surface area contributed by atoms with E-state index in [4.69, 9.17) is 4.74 Å². The summed E-state index contributed by atoms with van der Waals surface area (Å²) >= 11 is 0. The molecule has 1 aromatic carbocycles. The maximum Gasteiger partial charge on any atom is 0.245 e. The van der Waals surface area contributed by atoms with Crippen LogP contribution in [0.1, 0.15) is 25.7 Å². The van der Waals surface area contributed by atoms with Crippen LogP contribution < -0.4 is 10.1 Å². The first-order chi connectivity index (χ1) is 11.9. The first-order valence-electron chi connectivity index (χ1n) is 8.10. The van der Waals surface area contributed by atoms with Gasteiger partial charge in [0, 0.05) is 30.4 Å². The Bertz CT molecular complexity index is 860. The van der Waals surface area contributed by atoms with E-state index in [9.17, 15) is 13.2 Å². The Morgan fingerprint density at radius 2 is 1.80 bits per heavy atom. The number of ether oxygens (including phenoxy) is 1. The number of sulfone groups is 1. The van der Waals surface area contributed by atoms with Crippen LogP contribution >= 0.6 is 0 Å². The monoisotopic (exact) mass is 360 g/mol. The molecule has 1 N–H and O–H groups in total. The van der Waals surface area contributed by atoms with Crippen LogP contribution in [0.4, 0.5) is 5.69 Å². The van der Waals surface area contributed by atoms with Crippen LogP contribution in [0.15, 0.2) is 48.8 Å². The average molecular weight is 360 g/mol. The Morgan fingerprint density at radius 3 is 2.44 bits per heavy atom. The lowest BCUT2D eigenvalue weighted by molar-refractivity contribution is -0.118. The number of hydrogen-bond donors (Lipinski definition) is 1. The minimum absolute atomic E-state index is 0.366. The first-order valence-corrected chi connectivity index (χ1v) is 9.99. The number of amides is 1. The zero-order valence-electron chi connectivity index (χ0n) is 13.9. The van der Waals surface area contributed by atoms with Gasteiger partial charge in [-0.3, -0.25) is 9.78 Å². The molecule has 3 rings (SSSR count). The summed E-state index contributed by atoms with van der Waals surface area (Å²) in [6, 6.07) is 10.3. The van der Waals surface area contributed by atoms with E-state index in [1.165, 1.54) is 0 Å². The molecule has 2 aromatic rings. The molecule has 0 radical (unpaired) electrons. The van der Waals surface area contributed by atoms with Crippen LogP contribution in [-0.4, -0.2) is 30.3 Å². The standard InChI is InChI=1S/C18H20N2O4S/c1-25(22,23)18(9-2-3-10-18)17(21)20-14-5-4-6-16(13-14)24-15-7-11-19-12-8-15/h4-8,11-13H,2-3,9-10H2,1H3,(H,20,21). The molecule has 6 nitrogen and oxygen atoms in total. The number of carbonyl (C=O) groups excluding carboxylic acids is 1. The molecule has 1 amide bonds. The lowest BCUT2D eigenvalue weighted by Crippen LogP contribution is -2.47. The Morgan fingerprint density at radius 1 is 1.12 bits per heavy atom. The Labute approximate surface area is 147 Å². The van der Waals surface area contributed by atoms with Gasteiger partial charge in [0.25, 0.3) is 0 Å². The van der Waals surface area contributed by atoms with Gasteiger partial charge >= 0.3 is 0 Å². The number of carbonyl (C=O) groups is 1. The topological polar surface area (TPSA) is 85.4 Å². The van der Waals surface area contributed by atoms with Crippen LogP contribution in [0.25, 0.3) is 0 Å². The molecule has 0 saturated heterocycles. The SMILES string of the molecule is CS(=O)(=O)C1(C(=O)Nc2cccc(Oc3ccncc3)c2)CCCC1. The van der Waals surface area contributed by atoms with E-state index >= 15 is 0 Å². The van der Waals surface area contributed by atoms with Gasteiger partial charge < -0.3 is 10.1 Å². The number of nitrogens with one attached hydrogen (secondary N) is 1. The molecule has 1 aliphatic rings. The van der Waals surface area contributed by atoms with Gasteiger partial charge in [0.15, 0.2) is 14.6 Å². The molecule has 132 valence electrons. The van der Waals surface area contributed by atoms with Crippen LogP contribution in [0.3, 0.4) is 0 Å². The number of aromatic nitrogens is 1. The van der Waals surface area contributed by atoms with Crippen molar-refractivity contribution < 1.29 is 17.9 Å². The summed E-state index contributed by atoms with van der Waals surface area (Å²) in [6.07, 6.45) is 6.60. The van der Waals surface area contributed by atoms with Crippen molar-refractivity contribution in [1.29, 1.82) is 0 Å². The van der Waals surface area contributed by atoms with Gasteiger partial charge in [0.1, 0.15) is 11.5 Å². The normalized spacial score (nSPS) is 16.4. The second-order valence-corrected chi connectivity index (χ2v) is 8.57. The minimum Gasteiger partial charge on any atom is -0.457 e. The van der Waals surface area contributed by atoms with Crippen LogP contribution in [-0.2, 0) is 14.6 Å². The molecule has 0 spiro atoms. The largest absolute Gasteiger partial charge is 0.457 e. The lowest BCUT2D eigenvalue weighted by Gasteiger charge is -2.25. The first kappa shape index (κ1) is 17.4. The highest BCUT2D eigenvalue weighted by Gasteiger charge is 2.49. The Kier molecular flexibility index (Phi) is 4.76. The smallest absolute Gasteiger partial charge is 0.245 e.